The highest BCUT2D eigenvalue weighted by atomic mass is 16.6. The summed E-state index contributed by atoms with van der Waals surface area (Å²) >= 11 is 0. The molecule has 0 saturated carbocycles. The summed E-state index contributed by atoms with van der Waals surface area (Å²) in [5.74, 6) is 1.08. The molecule has 0 saturated heterocycles. The van der Waals surface area contributed by atoms with Crippen LogP contribution in [0.1, 0.15) is 11.1 Å². The minimum Gasteiger partial charge on any atom is -0.495 e. The molecule has 2 N–H and O–H groups in total. The Morgan fingerprint density at radius 3 is 2.33 bits per heavy atom. The Morgan fingerprint density at radius 1 is 1.00 bits per heavy atom. The molecule has 0 aliphatic heterocycles. The van der Waals surface area contributed by atoms with Crippen LogP contribution in [-0.2, 0) is 0 Å². The van der Waals surface area contributed by atoms with Crippen molar-refractivity contribution in [2.75, 3.05) is 17.7 Å². The monoisotopic (exact) mass is 366 g/mol. The summed E-state index contributed by atoms with van der Waals surface area (Å²) in [7, 11) is 1.53. The Kier molecular flexibility index (Phi) is 5.11. The number of aromatic nitrogens is 3. The first-order valence-electron chi connectivity index (χ1n) is 8.08. The zero-order chi connectivity index (χ0) is 19.4. The van der Waals surface area contributed by atoms with Crippen LogP contribution >= 0.6 is 0 Å². The fraction of sp³-hybridized carbons (Fsp3) is 0.167. The Hall–Kier alpha value is -3.75. The first-order valence-corrected chi connectivity index (χ1v) is 8.08. The van der Waals surface area contributed by atoms with Crippen molar-refractivity contribution < 1.29 is 9.66 Å². The molecule has 3 rings (SSSR count). The summed E-state index contributed by atoms with van der Waals surface area (Å²) in [6, 6.07) is 9.05. The second kappa shape index (κ2) is 7.65. The molecule has 0 bridgehead atoms. The summed E-state index contributed by atoms with van der Waals surface area (Å²) in [6.07, 6.45) is 2.90. The molecule has 0 aliphatic rings. The molecule has 27 heavy (non-hydrogen) atoms. The lowest BCUT2D eigenvalue weighted by Gasteiger charge is -2.13. The van der Waals surface area contributed by atoms with E-state index in [9.17, 15) is 10.1 Å². The van der Waals surface area contributed by atoms with Crippen molar-refractivity contribution in [1.29, 1.82) is 0 Å². The van der Waals surface area contributed by atoms with Gasteiger partial charge in [0.1, 0.15) is 17.9 Å². The number of hydrogen-bond donors (Lipinski definition) is 2. The molecule has 0 unspecified atom stereocenters. The van der Waals surface area contributed by atoms with Crippen LogP contribution in [0.4, 0.5) is 28.8 Å². The van der Waals surface area contributed by atoms with Gasteiger partial charge in [-0.2, -0.15) is 0 Å². The molecule has 0 aliphatic carbocycles. The van der Waals surface area contributed by atoms with Crippen LogP contribution < -0.4 is 15.4 Å². The standard InChI is InChI=1S/C18H18N6O3/c1-11-4-6-14(27-3)13(8-11)22-17-16(24(25)26)18(21-10-20-17)23-15-7-5-12(2)9-19-15/h4-10H,1-3H3,(H2,19,20,21,22,23). The van der Waals surface area contributed by atoms with Crippen LogP contribution in [0.25, 0.3) is 0 Å². The fourth-order valence-corrected chi connectivity index (χ4v) is 2.44. The molecule has 0 atom stereocenters. The average molecular weight is 366 g/mol. The molecule has 0 amide bonds. The van der Waals surface area contributed by atoms with E-state index in [1.807, 2.05) is 32.0 Å². The summed E-state index contributed by atoms with van der Waals surface area (Å²) in [5.41, 5.74) is 2.23. The number of benzene rings is 1. The van der Waals surface area contributed by atoms with Crippen molar-refractivity contribution in [3.05, 3.63) is 64.1 Å². The third kappa shape index (κ3) is 4.09. The van der Waals surface area contributed by atoms with Crippen LogP contribution in [0, 0.1) is 24.0 Å². The summed E-state index contributed by atoms with van der Waals surface area (Å²) in [5, 5.41) is 17.5. The van der Waals surface area contributed by atoms with Gasteiger partial charge in [0.15, 0.2) is 0 Å². The highest BCUT2D eigenvalue weighted by Crippen LogP contribution is 2.35. The highest BCUT2D eigenvalue weighted by molar-refractivity contribution is 5.77. The van der Waals surface area contributed by atoms with Gasteiger partial charge in [-0.05, 0) is 43.2 Å². The normalized spacial score (nSPS) is 10.3. The van der Waals surface area contributed by atoms with E-state index in [1.165, 1.54) is 13.4 Å². The Labute approximate surface area is 155 Å². The largest absolute Gasteiger partial charge is 0.495 e. The van der Waals surface area contributed by atoms with Gasteiger partial charge in [-0.1, -0.05) is 12.1 Å². The molecule has 3 aromatic rings. The number of hydrogen-bond acceptors (Lipinski definition) is 8. The fourth-order valence-electron chi connectivity index (χ4n) is 2.44. The second-order valence-corrected chi connectivity index (χ2v) is 5.85. The van der Waals surface area contributed by atoms with E-state index in [0.29, 0.717) is 17.3 Å². The second-order valence-electron chi connectivity index (χ2n) is 5.85. The highest BCUT2D eigenvalue weighted by Gasteiger charge is 2.24. The van der Waals surface area contributed by atoms with Crippen LogP contribution in [0.5, 0.6) is 5.75 Å². The van der Waals surface area contributed by atoms with Crippen molar-refractivity contribution in [2.45, 2.75) is 13.8 Å². The van der Waals surface area contributed by atoms with Crippen LogP contribution in [-0.4, -0.2) is 27.0 Å². The lowest BCUT2D eigenvalue weighted by molar-refractivity contribution is -0.383. The molecule has 9 nitrogen and oxygen atoms in total. The number of nitro groups is 1. The number of ether oxygens (including phenoxy) is 1. The summed E-state index contributed by atoms with van der Waals surface area (Å²) in [4.78, 5) is 23.4. The number of rotatable bonds is 6. The van der Waals surface area contributed by atoms with Crippen LogP contribution in [0.3, 0.4) is 0 Å². The van der Waals surface area contributed by atoms with Crippen molar-refractivity contribution in [1.82, 2.24) is 15.0 Å². The molecule has 9 heteroatoms. The Bertz CT molecular complexity index is 975. The average Bonchev–Trinajstić information content (AvgIpc) is 2.64. The Morgan fingerprint density at radius 2 is 1.70 bits per heavy atom. The molecule has 2 aromatic heterocycles. The van der Waals surface area contributed by atoms with Gasteiger partial charge in [0.05, 0.1) is 17.7 Å². The van der Waals surface area contributed by atoms with Gasteiger partial charge in [-0.15, -0.1) is 0 Å². The minimum absolute atomic E-state index is 0.0421. The van der Waals surface area contributed by atoms with Gasteiger partial charge >= 0.3 is 5.69 Å². The molecule has 0 radical (unpaired) electrons. The third-order valence-electron chi connectivity index (χ3n) is 3.77. The lowest BCUT2D eigenvalue weighted by Crippen LogP contribution is -2.06. The number of aryl methyl sites for hydroxylation is 2. The van der Waals surface area contributed by atoms with E-state index < -0.39 is 4.92 Å². The molecular formula is C18H18N6O3. The Balaban J connectivity index is 2.00. The van der Waals surface area contributed by atoms with Gasteiger partial charge in [0, 0.05) is 6.20 Å². The lowest BCUT2D eigenvalue weighted by atomic mass is 10.2. The molecule has 1 aromatic carbocycles. The molecule has 2 heterocycles. The van der Waals surface area contributed by atoms with Gasteiger partial charge in [-0.25, -0.2) is 15.0 Å². The van der Waals surface area contributed by atoms with Crippen molar-refractivity contribution in [3.8, 4) is 5.75 Å². The van der Waals surface area contributed by atoms with Gasteiger partial charge in [-0.3, -0.25) is 10.1 Å². The molecule has 0 fully saturated rings. The maximum atomic E-state index is 11.7. The third-order valence-corrected chi connectivity index (χ3v) is 3.77. The van der Waals surface area contributed by atoms with E-state index >= 15 is 0 Å². The molecule has 138 valence electrons. The van der Waals surface area contributed by atoms with E-state index in [1.54, 1.807) is 18.3 Å². The van der Waals surface area contributed by atoms with Gasteiger partial charge in [0.2, 0.25) is 11.6 Å². The number of nitrogens with one attached hydrogen (secondary N) is 2. The smallest absolute Gasteiger partial charge is 0.353 e. The van der Waals surface area contributed by atoms with Crippen molar-refractivity contribution in [3.63, 3.8) is 0 Å². The zero-order valence-electron chi connectivity index (χ0n) is 15.1. The number of pyridine rings is 1. The van der Waals surface area contributed by atoms with Crippen molar-refractivity contribution >= 4 is 28.8 Å². The first kappa shape index (κ1) is 18.1. The molecular weight excluding hydrogens is 348 g/mol. The molecule has 0 spiro atoms. The topological polar surface area (TPSA) is 115 Å². The summed E-state index contributed by atoms with van der Waals surface area (Å²) < 4.78 is 5.31. The minimum atomic E-state index is -0.541. The number of nitrogens with zero attached hydrogens (tertiary/aromatic N) is 4. The van der Waals surface area contributed by atoms with E-state index in [0.717, 1.165) is 11.1 Å². The number of anilines is 4. The maximum absolute atomic E-state index is 11.7. The van der Waals surface area contributed by atoms with Gasteiger partial charge in [0.25, 0.3) is 0 Å². The summed E-state index contributed by atoms with van der Waals surface area (Å²) in [6.45, 7) is 3.82. The SMILES string of the molecule is COc1ccc(C)cc1Nc1ncnc(Nc2ccc(C)cn2)c1[N+](=O)[O-]. The predicted molar refractivity (Wildman–Crippen MR) is 102 cm³/mol. The van der Waals surface area contributed by atoms with E-state index in [4.69, 9.17) is 4.74 Å². The quantitative estimate of drug-likeness (QED) is 0.499. The van der Waals surface area contributed by atoms with E-state index in [-0.39, 0.29) is 17.3 Å². The van der Waals surface area contributed by atoms with Gasteiger partial charge < -0.3 is 15.4 Å². The van der Waals surface area contributed by atoms with Crippen LogP contribution in [0.15, 0.2) is 42.9 Å². The maximum Gasteiger partial charge on any atom is 0.353 e. The van der Waals surface area contributed by atoms with E-state index in [2.05, 4.69) is 25.6 Å². The first-order chi connectivity index (χ1) is 13.0. The van der Waals surface area contributed by atoms with Crippen molar-refractivity contribution in [2.24, 2.45) is 0 Å². The zero-order valence-corrected chi connectivity index (χ0v) is 15.1. The predicted octanol–water partition coefficient (Wildman–Crippen LogP) is 3.89. The number of methoxy groups -OCH3 is 1. The van der Waals surface area contributed by atoms with Crippen LogP contribution in [0.2, 0.25) is 0 Å².